The molecule has 0 amide bonds. The first kappa shape index (κ1) is 10.2. The third-order valence-electron chi connectivity index (χ3n) is 1.90. The molecule has 84 valence electrons. The van der Waals surface area contributed by atoms with Crippen molar-refractivity contribution in [2.75, 3.05) is 6.79 Å². The number of hydrogen-bond donors (Lipinski definition) is 4. The number of hydrazone groups is 1. The molecule has 0 bridgehead atoms. The topological polar surface area (TPSA) is 99.0 Å². The van der Waals surface area contributed by atoms with Crippen LogP contribution in [0.1, 0.15) is 5.56 Å². The maximum Gasteiger partial charge on any atom is 0.233 e. The van der Waals surface area contributed by atoms with E-state index in [2.05, 4.69) is 10.5 Å². The molecule has 0 aliphatic carbocycles. The second-order valence-electron chi connectivity index (χ2n) is 2.97. The SMILES string of the molecule is N=C(NO)NN=Cc1ccc2c(c1)OCO2. The fourth-order valence-electron chi connectivity index (χ4n) is 1.19. The Morgan fingerprint density at radius 3 is 3.06 bits per heavy atom. The Morgan fingerprint density at radius 1 is 1.44 bits per heavy atom. The molecule has 16 heavy (non-hydrogen) atoms. The van der Waals surface area contributed by atoms with Gasteiger partial charge in [0.1, 0.15) is 0 Å². The smallest absolute Gasteiger partial charge is 0.233 e. The van der Waals surface area contributed by atoms with E-state index >= 15 is 0 Å². The summed E-state index contributed by atoms with van der Waals surface area (Å²) in [6.45, 7) is 0.229. The van der Waals surface area contributed by atoms with Crippen LogP contribution in [0.3, 0.4) is 0 Å². The van der Waals surface area contributed by atoms with Crippen LogP contribution in [0.25, 0.3) is 0 Å². The van der Waals surface area contributed by atoms with Crippen molar-refractivity contribution < 1.29 is 14.7 Å². The maximum atomic E-state index is 8.31. The first-order valence-electron chi connectivity index (χ1n) is 4.47. The number of hydroxylamine groups is 1. The largest absolute Gasteiger partial charge is 0.454 e. The standard InChI is InChI=1S/C9H10N4O3/c10-9(13-14)12-11-4-6-1-2-7-8(3-6)16-5-15-7/h1-4,14H,5H2,(H3,10,12,13). The molecule has 1 aromatic carbocycles. The van der Waals surface area contributed by atoms with Crippen molar-refractivity contribution in [3.8, 4) is 11.5 Å². The predicted octanol–water partition coefficient (Wildman–Crippen LogP) is 0.252. The monoisotopic (exact) mass is 222 g/mol. The fraction of sp³-hybridized carbons (Fsp3) is 0.111. The second kappa shape index (κ2) is 4.49. The Labute approximate surface area is 91.1 Å². The summed E-state index contributed by atoms with van der Waals surface area (Å²) in [6, 6.07) is 5.34. The summed E-state index contributed by atoms with van der Waals surface area (Å²) in [6.07, 6.45) is 1.49. The molecule has 0 saturated heterocycles. The highest BCUT2D eigenvalue weighted by Gasteiger charge is 2.12. The lowest BCUT2D eigenvalue weighted by Gasteiger charge is -1.99. The first-order valence-corrected chi connectivity index (χ1v) is 4.47. The van der Waals surface area contributed by atoms with E-state index in [0.717, 1.165) is 5.56 Å². The molecule has 2 rings (SSSR count). The summed E-state index contributed by atoms with van der Waals surface area (Å²) in [5.74, 6) is 1.06. The van der Waals surface area contributed by atoms with Gasteiger partial charge in [0, 0.05) is 0 Å². The van der Waals surface area contributed by atoms with Gasteiger partial charge in [0.2, 0.25) is 12.8 Å². The molecule has 0 fully saturated rings. The average molecular weight is 222 g/mol. The van der Waals surface area contributed by atoms with Gasteiger partial charge in [-0.3, -0.25) is 10.6 Å². The van der Waals surface area contributed by atoms with Crippen LogP contribution < -0.4 is 20.4 Å². The summed E-state index contributed by atoms with van der Waals surface area (Å²) in [4.78, 5) is 0. The van der Waals surface area contributed by atoms with Crippen LogP contribution in [0.4, 0.5) is 0 Å². The van der Waals surface area contributed by atoms with Gasteiger partial charge in [-0.05, 0) is 23.8 Å². The third-order valence-corrected chi connectivity index (χ3v) is 1.90. The Morgan fingerprint density at radius 2 is 2.25 bits per heavy atom. The minimum Gasteiger partial charge on any atom is -0.454 e. The van der Waals surface area contributed by atoms with Gasteiger partial charge in [-0.25, -0.2) is 10.9 Å². The van der Waals surface area contributed by atoms with Gasteiger partial charge in [-0.2, -0.15) is 5.10 Å². The number of ether oxygens (including phenoxy) is 2. The molecule has 0 aromatic heterocycles. The zero-order valence-electron chi connectivity index (χ0n) is 8.23. The minimum absolute atomic E-state index is 0.229. The first-order chi connectivity index (χ1) is 7.79. The van der Waals surface area contributed by atoms with E-state index in [-0.39, 0.29) is 12.8 Å². The summed E-state index contributed by atoms with van der Waals surface area (Å²) in [5, 5.41) is 19.0. The van der Waals surface area contributed by atoms with Crippen molar-refractivity contribution in [1.82, 2.24) is 10.9 Å². The molecule has 1 aliphatic heterocycles. The Balaban J connectivity index is 2.02. The number of hydrogen-bond acceptors (Lipinski definition) is 5. The Hall–Kier alpha value is -2.28. The van der Waals surface area contributed by atoms with E-state index in [1.54, 1.807) is 23.7 Å². The van der Waals surface area contributed by atoms with Gasteiger partial charge in [0.25, 0.3) is 0 Å². The highest BCUT2D eigenvalue weighted by Crippen LogP contribution is 2.31. The molecule has 1 heterocycles. The lowest BCUT2D eigenvalue weighted by Crippen LogP contribution is -2.30. The lowest BCUT2D eigenvalue weighted by molar-refractivity contribution is 0.174. The van der Waals surface area contributed by atoms with Crippen LogP contribution in [0.5, 0.6) is 11.5 Å². The number of fused-ring (bicyclic) bond motifs is 1. The van der Waals surface area contributed by atoms with E-state index in [4.69, 9.17) is 20.1 Å². The van der Waals surface area contributed by atoms with E-state index in [0.29, 0.717) is 11.5 Å². The zero-order valence-corrected chi connectivity index (χ0v) is 8.23. The van der Waals surface area contributed by atoms with Crippen LogP contribution in [-0.2, 0) is 0 Å². The number of nitrogens with one attached hydrogen (secondary N) is 3. The van der Waals surface area contributed by atoms with Crippen LogP contribution in [-0.4, -0.2) is 24.2 Å². The van der Waals surface area contributed by atoms with Gasteiger partial charge in [0.15, 0.2) is 11.5 Å². The van der Waals surface area contributed by atoms with Gasteiger partial charge >= 0.3 is 0 Å². The lowest BCUT2D eigenvalue weighted by atomic mass is 10.2. The van der Waals surface area contributed by atoms with Gasteiger partial charge in [-0.1, -0.05) is 0 Å². The highest BCUT2D eigenvalue weighted by molar-refractivity contribution is 5.83. The molecule has 0 unspecified atom stereocenters. The van der Waals surface area contributed by atoms with Gasteiger partial charge in [0.05, 0.1) is 6.21 Å². The van der Waals surface area contributed by atoms with Crippen LogP contribution >= 0.6 is 0 Å². The van der Waals surface area contributed by atoms with Gasteiger partial charge in [-0.15, -0.1) is 0 Å². The van der Waals surface area contributed by atoms with Crippen LogP contribution in [0.2, 0.25) is 0 Å². The predicted molar refractivity (Wildman–Crippen MR) is 55.9 cm³/mol. The highest BCUT2D eigenvalue weighted by atomic mass is 16.7. The Kier molecular flexibility index (Phi) is 2.88. The summed E-state index contributed by atoms with van der Waals surface area (Å²) in [5.41, 5.74) is 4.67. The van der Waals surface area contributed by atoms with Gasteiger partial charge < -0.3 is 9.47 Å². The molecule has 1 aliphatic rings. The minimum atomic E-state index is -0.308. The number of benzene rings is 1. The van der Waals surface area contributed by atoms with E-state index in [1.807, 2.05) is 0 Å². The van der Waals surface area contributed by atoms with Crippen molar-refractivity contribution >= 4 is 12.2 Å². The molecule has 0 atom stereocenters. The molecule has 0 radical (unpaired) electrons. The number of nitrogens with zero attached hydrogens (tertiary/aromatic N) is 1. The fourth-order valence-corrected chi connectivity index (χ4v) is 1.19. The number of rotatable bonds is 2. The Bertz CT molecular complexity index is 433. The maximum absolute atomic E-state index is 8.31. The third kappa shape index (κ3) is 2.20. The second-order valence-corrected chi connectivity index (χ2v) is 2.97. The molecule has 0 saturated carbocycles. The normalized spacial score (nSPS) is 12.8. The van der Waals surface area contributed by atoms with Crippen molar-refractivity contribution in [2.24, 2.45) is 5.10 Å². The molecule has 1 aromatic rings. The van der Waals surface area contributed by atoms with Crippen molar-refractivity contribution in [2.45, 2.75) is 0 Å². The molecule has 7 nitrogen and oxygen atoms in total. The zero-order chi connectivity index (χ0) is 11.4. The number of guanidine groups is 1. The van der Waals surface area contributed by atoms with Crippen molar-refractivity contribution in [3.05, 3.63) is 23.8 Å². The van der Waals surface area contributed by atoms with Crippen LogP contribution in [0.15, 0.2) is 23.3 Å². The molecule has 7 heteroatoms. The van der Waals surface area contributed by atoms with Crippen molar-refractivity contribution in [3.63, 3.8) is 0 Å². The summed E-state index contributed by atoms with van der Waals surface area (Å²) < 4.78 is 10.3. The summed E-state index contributed by atoms with van der Waals surface area (Å²) in [7, 11) is 0. The summed E-state index contributed by atoms with van der Waals surface area (Å²) >= 11 is 0. The van der Waals surface area contributed by atoms with Crippen molar-refractivity contribution in [1.29, 1.82) is 5.41 Å². The van der Waals surface area contributed by atoms with E-state index < -0.39 is 0 Å². The molecule has 0 spiro atoms. The molecule has 4 N–H and O–H groups in total. The molecular weight excluding hydrogens is 212 g/mol. The average Bonchev–Trinajstić information content (AvgIpc) is 2.76. The van der Waals surface area contributed by atoms with E-state index in [1.165, 1.54) is 6.21 Å². The van der Waals surface area contributed by atoms with E-state index in [9.17, 15) is 0 Å². The quantitative estimate of drug-likeness (QED) is 0.326. The van der Waals surface area contributed by atoms with Crippen LogP contribution in [0, 0.1) is 5.41 Å². The molecular formula is C9H10N4O3.